The van der Waals surface area contributed by atoms with Crippen LogP contribution in [0.2, 0.25) is 0 Å². The van der Waals surface area contributed by atoms with Crippen LogP contribution in [0.15, 0.2) is 182 Å². The zero-order valence-electron chi connectivity index (χ0n) is 30.5. The molecule has 9 aromatic carbocycles. The maximum atomic E-state index is 5.57. The van der Waals surface area contributed by atoms with Gasteiger partial charge in [-0.25, -0.2) is 9.97 Å². The van der Waals surface area contributed by atoms with Gasteiger partial charge in [0.15, 0.2) is 5.82 Å². The molecule has 264 valence electrons. The Morgan fingerprint density at radius 2 is 0.965 bits per heavy atom. The molecule has 0 unspecified atom stereocenters. The largest absolute Gasteiger partial charge is 0.309 e. The van der Waals surface area contributed by atoms with Crippen LogP contribution in [-0.2, 0) is 0 Å². The fourth-order valence-electron chi connectivity index (χ4n) is 9.46. The smallest absolute Gasteiger partial charge is 0.165 e. The summed E-state index contributed by atoms with van der Waals surface area (Å²) in [6.07, 6.45) is 0. The van der Waals surface area contributed by atoms with E-state index in [0.717, 1.165) is 44.8 Å². The molecule has 0 spiro atoms. The van der Waals surface area contributed by atoms with E-state index in [1.165, 1.54) is 74.3 Å². The molecule has 13 rings (SSSR count). The van der Waals surface area contributed by atoms with E-state index in [1.807, 2.05) is 11.3 Å². The molecular weight excluding hydrogens is 713 g/mol. The third kappa shape index (κ3) is 4.32. The maximum absolute atomic E-state index is 5.57. The lowest BCUT2D eigenvalue weighted by Crippen LogP contribution is -2.04. The highest BCUT2D eigenvalue weighted by Crippen LogP contribution is 2.45. The first-order valence-electron chi connectivity index (χ1n) is 19.3. The minimum atomic E-state index is 0.817. The third-order valence-electron chi connectivity index (χ3n) is 11.9. The number of para-hydroxylation sites is 3. The number of hydrogen-bond acceptors (Lipinski definition) is 3. The van der Waals surface area contributed by atoms with Crippen molar-refractivity contribution >= 4 is 108 Å². The molecule has 4 aromatic heterocycles. The Kier molecular flexibility index (Phi) is 6.29. The second-order valence-corrected chi connectivity index (χ2v) is 16.0. The Morgan fingerprint density at radius 3 is 1.74 bits per heavy atom. The predicted molar refractivity (Wildman–Crippen MR) is 242 cm³/mol. The highest BCUT2D eigenvalue weighted by atomic mass is 32.1. The van der Waals surface area contributed by atoms with E-state index in [0.29, 0.717) is 0 Å². The van der Waals surface area contributed by atoms with E-state index in [2.05, 4.69) is 191 Å². The van der Waals surface area contributed by atoms with Crippen molar-refractivity contribution in [3.8, 4) is 22.8 Å². The molecule has 0 radical (unpaired) electrons. The van der Waals surface area contributed by atoms with E-state index >= 15 is 0 Å². The summed E-state index contributed by atoms with van der Waals surface area (Å²) in [6, 6.07) is 65.8. The predicted octanol–water partition coefficient (Wildman–Crippen LogP) is 14.2. The summed E-state index contributed by atoms with van der Waals surface area (Å²) in [7, 11) is 0. The highest BCUT2D eigenvalue weighted by molar-refractivity contribution is 7.25. The third-order valence-corrected chi connectivity index (χ3v) is 13.0. The monoisotopic (exact) mass is 742 g/mol. The standard InChI is InChI=1S/C52H30N4S/c1-3-14-34-31(12-1)24-28-43-48(34)36-16-5-9-21-42(36)55(43)33-26-27-37-45(30-33)56(44-29-25-32-13-2-4-15-35(32)49(37)44)52-51(53-40-19-7-8-20-41(40)54-52)39-18-11-23-47-50(39)38-17-6-10-22-46(38)57-47/h1-30H. The van der Waals surface area contributed by atoms with Gasteiger partial charge in [-0.15, -0.1) is 11.3 Å². The molecular formula is C52H30N4S. The zero-order valence-corrected chi connectivity index (χ0v) is 31.3. The van der Waals surface area contributed by atoms with Crippen molar-refractivity contribution in [2.45, 2.75) is 0 Å². The van der Waals surface area contributed by atoms with Gasteiger partial charge >= 0.3 is 0 Å². The number of benzene rings is 9. The van der Waals surface area contributed by atoms with Gasteiger partial charge in [-0.1, -0.05) is 127 Å². The minimum Gasteiger partial charge on any atom is -0.309 e. The molecule has 0 atom stereocenters. The Bertz CT molecular complexity index is 3830. The fraction of sp³-hybridized carbons (Fsp3) is 0. The number of rotatable bonds is 3. The molecule has 0 N–H and O–H groups in total. The van der Waals surface area contributed by atoms with Crippen molar-refractivity contribution in [3.63, 3.8) is 0 Å². The van der Waals surface area contributed by atoms with Crippen LogP contribution < -0.4 is 0 Å². The minimum absolute atomic E-state index is 0.817. The van der Waals surface area contributed by atoms with Gasteiger partial charge in [0.05, 0.1) is 33.1 Å². The van der Waals surface area contributed by atoms with E-state index in [4.69, 9.17) is 9.97 Å². The van der Waals surface area contributed by atoms with Gasteiger partial charge in [-0.3, -0.25) is 4.57 Å². The quantitative estimate of drug-likeness (QED) is 0.181. The van der Waals surface area contributed by atoms with E-state index < -0.39 is 0 Å². The molecule has 13 aromatic rings. The number of nitrogens with zero attached hydrogens (tertiary/aromatic N) is 4. The molecule has 4 heterocycles. The van der Waals surface area contributed by atoms with Gasteiger partial charge in [-0.2, -0.15) is 0 Å². The SMILES string of the molecule is c1ccc2c(c1)ccc1c2c2ccccc2n1-c1ccc2c3c4ccccc4ccc3n(-c3nc4ccccc4nc3-c3cccc4sc5ccccc5c34)c2c1. The van der Waals surface area contributed by atoms with Gasteiger partial charge in [0.1, 0.15) is 5.69 Å². The van der Waals surface area contributed by atoms with Crippen LogP contribution >= 0.6 is 11.3 Å². The van der Waals surface area contributed by atoms with Crippen molar-refractivity contribution in [2.24, 2.45) is 0 Å². The molecule has 0 bridgehead atoms. The molecule has 0 fully saturated rings. The first kappa shape index (κ1) is 30.9. The van der Waals surface area contributed by atoms with Crippen LogP contribution in [-0.4, -0.2) is 19.1 Å². The van der Waals surface area contributed by atoms with Crippen LogP contribution in [0, 0.1) is 0 Å². The van der Waals surface area contributed by atoms with Crippen LogP contribution in [0.4, 0.5) is 0 Å². The molecule has 0 aliphatic rings. The lowest BCUT2D eigenvalue weighted by Gasteiger charge is -2.15. The number of hydrogen-bond donors (Lipinski definition) is 0. The van der Waals surface area contributed by atoms with Crippen molar-refractivity contribution in [3.05, 3.63) is 182 Å². The molecule has 0 amide bonds. The van der Waals surface area contributed by atoms with Crippen molar-refractivity contribution in [1.82, 2.24) is 19.1 Å². The van der Waals surface area contributed by atoms with Crippen molar-refractivity contribution < 1.29 is 0 Å². The summed E-state index contributed by atoms with van der Waals surface area (Å²) in [5, 5.41) is 12.3. The van der Waals surface area contributed by atoms with E-state index in [-0.39, 0.29) is 0 Å². The summed E-state index contributed by atoms with van der Waals surface area (Å²) in [5.74, 6) is 0.817. The highest BCUT2D eigenvalue weighted by Gasteiger charge is 2.24. The molecule has 5 heteroatoms. The normalized spacial score (nSPS) is 12.2. The van der Waals surface area contributed by atoms with Crippen LogP contribution in [0.1, 0.15) is 0 Å². The Hall–Kier alpha value is -7.34. The second-order valence-electron chi connectivity index (χ2n) is 14.9. The number of aromatic nitrogens is 4. The first-order chi connectivity index (χ1) is 28.3. The molecule has 0 aliphatic carbocycles. The van der Waals surface area contributed by atoms with E-state index in [9.17, 15) is 0 Å². The zero-order chi connectivity index (χ0) is 37.2. The van der Waals surface area contributed by atoms with Crippen molar-refractivity contribution in [1.29, 1.82) is 0 Å². The molecule has 0 aliphatic heterocycles. The fourth-order valence-corrected chi connectivity index (χ4v) is 10.6. The maximum Gasteiger partial charge on any atom is 0.165 e. The number of thiophene rings is 1. The van der Waals surface area contributed by atoms with Crippen LogP contribution in [0.3, 0.4) is 0 Å². The summed E-state index contributed by atoms with van der Waals surface area (Å²) < 4.78 is 7.32. The first-order valence-corrected chi connectivity index (χ1v) is 20.2. The Morgan fingerprint density at radius 1 is 0.368 bits per heavy atom. The summed E-state index contributed by atoms with van der Waals surface area (Å²) in [4.78, 5) is 11.1. The lowest BCUT2D eigenvalue weighted by atomic mass is 10.0. The Balaban J connectivity index is 1.19. The second kappa shape index (κ2) is 11.6. The Labute approximate surface area is 330 Å². The van der Waals surface area contributed by atoms with Gasteiger partial charge in [0.2, 0.25) is 0 Å². The van der Waals surface area contributed by atoms with Crippen LogP contribution in [0.25, 0.3) is 119 Å². The van der Waals surface area contributed by atoms with Crippen LogP contribution in [0.5, 0.6) is 0 Å². The summed E-state index contributed by atoms with van der Waals surface area (Å²) in [5.41, 5.74) is 9.32. The van der Waals surface area contributed by atoms with E-state index in [1.54, 1.807) is 0 Å². The number of fused-ring (bicyclic) bond motifs is 14. The average Bonchev–Trinajstić information content (AvgIpc) is 3.93. The topological polar surface area (TPSA) is 35.6 Å². The summed E-state index contributed by atoms with van der Waals surface area (Å²) >= 11 is 1.83. The molecule has 0 saturated carbocycles. The molecule has 0 saturated heterocycles. The average molecular weight is 743 g/mol. The van der Waals surface area contributed by atoms with Gasteiger partial charge in [0, 0.05) is 53.0 Å². The molecule has 57 heavy (non-hydrogen) atoms. The lowest BCUT2D eigenvalue weighted by molar-refractivity contribution is 1.08. The summed E-state index contributed by atoms with van der Waals surface area (Å²) in [6.45, 7) is 0. The van der Waals surface area contributed by atoms with Crippen molar-refractivity contribution in [2.75, 3.05) is 0 Å². The van der Waals surface area contributed by atoms with Gasteiger partial charge < -0.3 is 4.57 Å². The van der Waals surface area contributed by atoms with Gasteiger partial charge in [0.25, 0.3) is 0 Å². The molecule has 4 nitrogen and oxygen atoms in total. The van der Waals surface area contributed by atoms with Gasteiger partial charge in [-0.05, 0) is 76.1 Å².